The summed E-state index contributed by atoms with van der Waals surface area (Å²) < 4.78 is 5.96. The Labute approximate surface area is 202 Å². The van der Waals surface area contributed by atoms with Crippen LogP contribution in [0.3, 0.4) is 0 Å². The number of anilines is 2. The van der Waals surface area contributed by atoms with Crippen molar-refractivity contribution in [2.75, 3.05) is 42.9 Å². The minimum absolute atomic E-state index is 0.134. The Morgan fingerprint density at radius 3 is 2.42 bits per heavy atom. The Balaban J connectivity index is 1.10. The van der Waals surface area contributed by atoms with Gasteiger partial charge in [-0.25, -0.2) is 0 Å². The molecule has 1 aromatic heterocycles. The quantitative estimate of drug-likeness (QED) is 0.395. The van der Waals surface area contributed by atoms with Crippen molar-refractivity contribution in [1.29, 1.82) is 0 Å². The summed E-state index contributed by atoms with van der Waals surface area (Å²) in [5.41, 5.74) is 2.66. The summed E-state index contributed by atoms with van der Waals surface area (Å²) >= 11 is 7.47. The average molecular weight is 477 g/mol. The van der Waals surface area contributed by atoms with E-state index in [1.165, 1.54) is 15.6 Å². The molecule has 0 radical (unpaired) electrons. The molecular weight excluding hydrogens is 452 g/mol. The molecule has 0 unspecified atom stereocenters. The van der Waals surface area contributed by atoms with E-state index in [0.29, 0.717) is 10.6 Å². The molecule has 5 rings (SSSR count). The standard InChI is InChI=1S/C26H25ClN4OS/c27-21-9-7-20(8-10-21)26(32)28-22-11-5-19(6-12-22)13-14-30-15-17-31(18-16-30)25-23-3-1-2-4-24(23)33-29-25/h1-12H,13-18H2,(H,28,32). The molecule has 1 fully saturated rings. The van der Waals surface area contributed by atoms with E-state index in [1.807, 2.05) is 12.1 Å². The maximum Gasteiger partial charge on any atom is 0.255 e. The largest absolute Gasteiger partial charge is 0.353 e. The molecule has 2 heterocycles. The van der Waals surface area contributed by atoms with Gasteiger partial charge in [-0.2, -0.15) is 4.37 Å². The molecule has 7 heteroatoms. The molecule has 0 saturated carbocycles. The smallest absolute Gasteiger partial charge is 0.255 e. The number of nitrogens with one attached hydrogen (secondary N) is 1. The number of hydrogen-bond acceptors (Lipinski definition) is 5. The fourth-order valence-electron chi connectivity index (χ4n) is 4.13. The number of hydrogen-bond donors (Lipinski definition) is 1. The van der Waals surface area contributed by atoms with Crippen molar-refractivity contribution in [3.05, 3.63) is 88.9 Å². The van der Waals surface area contributed by atoms with Crippen molar-refractivity contribution >= 4 is 50.6 Å². The Morgan fingerprint density at radius 2 is 1.67 bits per heavy atom. The van der Waals surface area contributed by atoms with Crippen LogP contribution in [-0.2, 0) is 6.42 Å². The first-order valence-corrected chi connectivity index (χ1v) is 12.3. The second-order valence-corrected chi connectivity index (χ2v) is 9.48. The summed E-state index contributed by atoms with van der Waals surface area (Å²) in [6.45, 7) is 5.12. The van der Waals surface area contributed by atoms with Crippen molar-refractivity contribution in [2.24, 2.45) is 0 Å². The van der Waals surface area contributed by atoms with Gasteiger partial charge in [-0.1, -0.05) is 35.9 Å². The van der Waals surface area contributed by atoms with Crippen molar-refractivity contribution < 1.29 is 4.79 Å². The van der Waals surface area contributed by atoms with Crippen LogP contribution >= 0.6 is 23.1 Å². The van der Waals surface area contributed by atoms with Gasteiger partial charge in [0.1, 0.15) is 5.82 Å². The number of aromatic nitrogens is 1. The highest BCUT2D eigenvalue weighted by atomic mass is 35.5. The molecule has 1 N–H and O–H groups in total. The number of halogens is 1. The Bertz CT molecular complexity index is 1230. The number of fused-ring (bicyclic) bond motifs is 1. The SMILES string of the molecule is O=C(Nc1ccc(CCN2CCN(c3nsc4ccccc34)CC2)cc1)c1ccc(Cl)cc1. The van der Waals surface area contributed by atoms with Gasteiger partial charge in [0.05, 0.1) is 4.70 Å². The fraction of sp³-hybridized carbons (Fsp3) is 0.231. The highest BCUT2D eigenvalue weighted by Gasteiger charge is 2.20. The predicted octanol–water partition coefficient (Wildman–Crippen LogP) is 5.57. The van der Waals surface area contributed by atoms with Gasteiger partial charge in [0.25, 0.3) is 5.91 Å². The van der Waals surface area contributed by atoms with Crippen molar-refractivity contribution in [3.63, 3.8) is 0 Å². The van der Waals surface area contributed by atoms with E-state index in [1.54, 1.807) is 35.8 Å². The molecule has 0 spiro atoms. The molecule has 168 valence electrons. The molecule has 3 aromatic carbocycles. The van der Waals surface area contributed by atoms with Crippen LogP contribution in [0.15, 0.2) is 72.8 Å². The Hall–Kier alpha value is -2.93. The third kappa shape index (κ3) is 5.19. The Kier molecular flexibility index (Phi) is 6.58. The van der Waals surface area contributed by atoms with Gasteiger partial charge in [0.2, 0.25) is 0 Å². The molecule has 4 aromatic rings. The first kappa shape index (κ1) is 21.9. The lowest BCUT2D eigenvalue weighted by Crippen LogP contribution is -2.47. The molecule has 33 heavy (non-hydrogen) atoms. The summed E-state index contributed by atoms with van der Waals surface area (Å²) in [7, 11) is 0. The van der Waals surface area contributed by atoms with E-state index >= 15 is 0 Å². The normalized spacial score (nSPS) is 14.5. The second kappa shape index (κ2) is 9.91. The van der Waals surface area contributed by atoms with E-state index in [4.69, 9.17) is 16.0 Å². The van der Waals surface area contributed by atoms with E-state index in [2.05, 4.69) is 51.5 Å². The number of nitrogens with zero attached hydrogens (tertiary/aromatic N) is 3. The van der Waals surface area contributed by atoms with Crippen LogP contribution in [-0.4, -0.2) is 47.9 Å². The summed E-state index contributed by atoms with van der Waals surface area (Å²) in [4.78, 5) is 17.3. The van der Waals surface area contributed by atoms with Gasteiger partial charge in [0, 0.05) is 54.4 Å². The molecule has 1 aliphatic heterocycles. The average Bonchev–Trinajstić information content (AvgIpc) is 3.28. The lowest BCUT2D eigenvalue weighted by Gasteiger charge is -2.35. The number of rotatable bonds is 6. The summed E-state index contributed by atoms with van der Waals surface area (Å²) in [6.07, 6.45) is 0.991. The molecular formula is C26H25ClN4OS. The maximum atomic E-state index is 12.4. The van der Waals surface area contributed by atoms with Crippen molar-refractivity contribution in [1.82, 2.24) is 9.27 Å². The minimum Gasteiger partial charge on any atom is -0.353 e. The van der Waals surface area contributed by atoms with Gasteiger partial charge in [-0.15, -0.1) is 0 Å². The molecule has 0 bridgehead atoms. The molecule has 1 aliphatic rings. The fourth-order valence-corrected chi connectivity index (χ4v) is 5.05. The highest BCUT2D eigenvalue weighted by Crippen LogP contribution is 2.29. The zero-order valence-electron chi connectivity index (χ0n) is 18.2. The van der Waals surface area contributed by atoms with Crippen LogP contribution in [0.5, 0.6) is 0 Å². The lowest BCUT2D eigenvalue weighted by molar-refractivity contribution is 0.102. The molecule has 5 nitrogen and oxygen atoms in total. The van der Waals surface area contributed by atoms with Crippen molar-refractivity contribution in [2.45, 2.75) is 6.42 Å². The first-order chi connectivity index (χ1) is 16.2. The third-order valence-corrected chi connectivity index (χ3v) is 7.13. The summed E-state index contributed by atoms with van der Waals surface area (Å²) in [5.74, 6) is 0.997. The third-order valence-electron chi connectivity index (χ3n) is 6.07. The van der Waals surface area contributed by atoms with Gasteiger partial charge in [0.15, 0.2) is 0 Å². The molecule has 0 aliphatic carbocycles. The number of carbonyl (C=O) groups excluding carboxylic acids is 1. The molecule has 0 atom stereocenters. The predicted molar refractivity (Wildman–Crippen MR) is 138 cm³/mol. The van der Waals surface area contributed by atoms with Crippen molar-refractivity contribution in [3.8, 4) is 0 Å². The summed E-state index contributed by atoms with van der Waals surface area (Å²) in [5, 5.41) is 4.82. The van der Waals surface area contributed by atoms with Crippen LogP contribution in [0.1, 0.15) is 15.9 Å². The number of piperazine rings is 1. The van der Waals surface area contributed by atoms with E-state index in [9.17, 15) is 4.79 Å². The summed E-state index contributed by atoms with van der Waals surface area (Å²) in [6, 6.07) is 23.5. The van der Waals surface area contributed by atoms with Crippen LogP contribution in [0.25, 0.3) is 10.1 Å². The monoisotopic (exact) mass is 476 g/mol. The lowest BCUT2D eigenvalue weighted by atomic mass is 10.1. The Morgan fingerprint density at radius 1 is 0.939 bits per heavy atom. The van der Waals surface area contributed by atoms with Gasteiger partial charge >= 0.3 is 0 Å². The number of amides is 1. The van der Waals surface area contributed by atoms with Gasteiger partial charge in [-0.05, 0) is 72.0 Å². The molecule has 1 amide bonds. The van der Waals surface area contributed by atoms with E-state index in [0.717, 1.165) is 50.6 Å². The minimum atomic E-state index is -0.134. The zero-order chi connectivity index (χ0) is 22.6. The van der Waals surface area contributed by atoms with Crippen LogP contribution < -0.4 is 10.2 Å². The van der Waals surface area contributed by atoms with Gasteiger partial charge in [-0.3, -0.25) is 9.69 Å². The van der Waals surface area contributed by atoms with Gasteiger partial charge < -0.3 is 10.2 Å². The van der Waals surface area contributed by atoms with Crippen LogP contribution in [0, 0.1) is 0 Å². The second-order valence-electron chi connectivity index (χ2n) is 8.24. The van der Waals surface area contributed by atoms with E-state index < -0.39 is 0 Å². The number of carbonyl (C=O) groups is 1. The van der Waals surface area contributed by atoms with E-state index in [-0.39, 0.29) is 5.91 Å². The number of benzene rings is 3. The first-order valence-electron chi connectivity index (χ1n) is 11.1. The van der Waals surface area contributed by atoms with Crippen LogP contribution in [0.4, 0.5) is 11.5 Å². The molecule has 1 saturated heterocycles. The highest BCUT2D eigenvalue weighted by molar-refractivity contribution is 7.13. The zero-order valence-corrected chi connectivity index (χ0v) is 19.8. The maximum absolute atomic E-state index is 12.4. The topological polar surface area (TPSA) is 48.5 Å². The van der Waals surface area contributed by atoms with Crippen LogP contribution in [0.2, 0.25) is 5.02 Å².